The van der Waals surface area contributed by atoms with E-state index in [0.717, 1.165) is 76.3 Å². The van der Waals surface area contributed by atoms with Crippen LogP contribution in [0.25, 0.3) is 12.2 Å². The maximum absolute atomic E-state index is 14.1. The molecule has 7 aromatic carbocycles. The van der Waals surface area contributed by atoms with Gasteiger partial charge in [0, 0.05) is 149 Å². The largest absolute Gasteiger partial charge is 0.542 e. The highest BCUT2D eigenvalue weighted by molar-refractivity contribution is 5.95. The van der Waals surface area contributed by atoms with Crippen LogP contribution < -0.4 is 79.2 Å². The average Bonchev–Trinajstić information content (AvgIpc) is 0.778. The molecule has 2 atom stereocenters. The van der Waals surface area contributed by atoms with Crippen LogP contribution in [0.5, 0.6) is 11.5 Å². The van der Waals surface area contributed by atoms with Crippen molar-refractivity contribution in [3.05, 3.63) is 261 Å². The molecule has 2 aliphatic rings. The molecule has 16 N–H and O–H groups in total. The van der Waals surface area contributed by atoms with Gasteiger partial charge >= 0.3 is 6.18 Å². The molecule has 10 amide bonds. The first-order chi connectivity index (χ1) is 65.0. The molecule has 34 heteroatoms. The van der Waals surface area contributed by atoms with Crippen molar-refractivity contribution in [2.45, 2.75) is 179 Å². The van der Waals surface area contributed by atoms with E-state index < -0.39 is 59.7 Å². The van der Waals surface area contributed by atoms with Crippen molar-refractivity contribution in [1.29, 1.82) is 0 Å². The molecule has 0 aliphatic carbocycles. The number of carboxylic acid groups (broad SMARTS) is 1. The van der Waals surface area contributed by atoms with Crippen LogP contribution >= 0.6 is 0 Å². The number of nitrogens with one attached hydrogen (secondary N) is 10. The van der Waals surface area contributed by atoms with Gasteiger partial charge in [0.25, 0.3) is 0 Å². The van der Waals surface area contributed by atoms with E-state index in [1.165, 1.54) is 59.5 Å². The number of rotatable bonds is 49. The van der Waals surface area contributed by atoms with Crippen LogP contribution in [0.3, 0.4) is 0 Å². The number of aromatic hydroxyl groups is 2. The molecule has 0 bridgehead atoms. The number of nitrogens with two attached hydrogens (primary N) is 2. The van der Waals surface area contributed by atoms with Gasteiger partial charge in [-0.15, -0.1) is 0 Å². The first-order valence-corrected chi connectivity index (χ1v) is 45.8. The molecule has 31 nitrogen and oxygen atoms in total. The zero-order valence-corrected chi connectivity index (χ0v) is 76.4. The van der Waals surface area contributed by atoms with Crippen LogP contribution in [0, 0.1) is 13.8 Å². The van der Waals surface area contributed by atoms with Crippen molar-refractivity contribution in [3.63, 3.8) is 0 Å². The molecule has 0 radical (unpaired) electrons. The highest BCUT2D eigenvalue weighted by Crippen LogP contribution is 2.37. The van der Waals surface area contributed by atoms with Crippen LogP contribution in [0.1, 0.15) is 182 Å². The Bertz CT molecular complexity index is 4950. The Morgan fingerprint density at radius 1 is 0.444 bits per heavy atom. The summed E-state index contributed by atoms with van der Waals surface area (Å²) in [7, 11) is 0. The van der Waals surface area contributed by atoms with Crippen molar-refractivity contribution in [2.75, 3.05) is 76.9 Å². The maximum atomic E-state index is 14.1. The number of carboxylic acids is 1. The summed E-state index contributed by atoms with van der Waals surface area (Å²) in [5.41, 5.74) is 25.6. The first-order valence-electron chi connectivity index (χ1n) is 45.8. The van der Waals surface area contributed by atoms with Gasteiger partial charge in [-0.05, 0) is 169 Å². The highest BCUT2D eigenvalue weighted by Gasteiger charge is 2.32. The van der Waals surface area contributed by atoms with Gasteiger partial charge in [-0.2, -0.15) is 27.7 Å². The second-order valence-corrected chi connectivity index (χ2v) is 33.2. The van der Waals surface area contributed by atoms with E-state index in [9.17, 15) is 71.3 Å². The second kappa shape index (κ2) is 55.3. The summed E-state index contributed by atoms with van der Waals surface area (Å²) in [6.45, 7) is 10.6. The maximum Gasteiger partial charge on any atom is 0.430 e. The lowest BCUT2D eigenvalue weighted by Gasteiger charge is -2.37. The van der Waals surface area contributed by atoms with Crippen molar-refractivity contribution < 1.29 is 85.8 Å². The number of carbonyl (C=O) groups is 11. The number of nitrogens with zero attached hydrogens (tertiary/aromatic N) is 5. The Hall–Kier alpha value is -14.3. The van der Waals surface area contributed by atoms with Crippen LogP contribution in [-0.4, -0.2) is 182 Å². The molecule has 0 saturated carbocycles. The predicted molar refractivity (Wildman–Crippen MR) is 507 cm³/mol. The minimum Gasteiger partial charge on any atom is -0.542 e. The van der Waals surface area contributed by atoms with Gasteiger partial charge in [-0.3, -0.25) is 52.8 Å². The Morgan fingerprint density at radius 3 is 1.15 bits per heavy atom. The standard InChI is InChI=1S/C99H123N17O12.C2HF3O2/c1-69-63-73(41-42-74-65-79-31-21-57-115-58-22-32-80(66-74)93(79)115)64-70(2)116(69)62-61-114(59-55-104-87(121)39-19-51-102-85(119)35-15-37-89(123)112-98(100)106-53-17-33-83(94(125)108-67-71-43-47-81(117)48-44-71)110-96(127)91(75-23-7-3-8-24-75)76-25-9-4-10-26-76)60-56-105-88(122)40-20-52-103-86(120)36-16-38-90(124)113-99(101)107-54-18-34-84(95(126)109-68-72-45-49-82(118)50-46-72)111-97(128)92(77-27-11-5-12-28-77)78-29-13-6-14-30-78;3-2(4,5)1(6)7/h3-14,23-30,41-50,63-66,83-84,91-92H,15-22,31-40,51-62,67-68H2,1-2H3,(H15-,100,101,102,103,104,105,106,107,108,109,110,111,112,113,117,118,119,120,121,122,123,124,125,126,127,128);(H,6,7)/t83-,84-;/m1./s1. The number of phenols is 2. The number of hydrogen-bond acceptors (Lipinski definition) is 16. The second-order valence-electron chi connectivity index (χ2n) is 33.2. The summed E-state index contributed by atoms with van der Waals surface area (Å²) in [4.78, 5) is 155. The molecular weight excluding hydrogens is 1730 g/mol. The van der Waals surface area contributed by atoms with Gasteiger partial charge in [0.2, 0.25) is 59.1 Å². The monoisotopic (exact) mass is 1860 g/mol. The van der Waals surface area contributed by atoms with Crippen LogP contribution in [0.15, 0.2) is 204 Å². The molecule has 10 rings (SSSR count). The first kappa shape index (κ1) is 104. The third-order valence-corrected chi connectivity index (χ3v) is 22.8. The molecule has 8 aromatic rings. The fourth-order valence-corrected chi connectivity index (χ4v) is 15.9. The fourth-order valence-electron chi connectivity index (χ4n) is 15.9. The number of pyridine rings is 1. The number of amides is 10. The van der Waals surface area contributed by atoms with Crippen LogP contribution in [0.2, 0.25) is 0 Å². The number of aliphatic imine (C=N–C) groups is 2. The third kappa shape index (κ3) is 37.0. The van der Waals surface area contributed by atoms with E-state index in [1.807, 2.05) is 121 Å². The fraction of sp³-hybridized carbons (Fsp3) is 0.386. The molecule has 2 aliphatic heterocycles. The summed E-state index contributed by atoms with van der Waals surface area (Å²) in [6, 6.07) is 57.3. The number of hydrogen-bond donors (Lipinski definition) is 14. The number of carbonyl (C=O) groups excluding carboxylic acids is 11. The zero-order chi connectivity index (χ0) is 96.9. The quantitative estimate of drug-likeness (QED) is 0.00758. The molecule has 0 spiro atoms. The smallest absolute Gasteiger partial charge is 0.430 e. The van der Waals surface area contributed by atoms with Gasteiger partial charge < -0.3 is 89.6 Å². The minimum atomic E-state index is -5.19. The number of anilines is 1. The van der Waals surface area contributed by atoms with Gasteiger partial charge in [0.15, 0.2) is 29.9 Å². The lowest BCUT2D eigenvalue weighted by Crippen LogP contribution is -2.48. The molecule has 0 saturated heterocycles. The predicted octanol–water partition coefficient (Wildman–Crippen LogP) is 7.53. The zero-order valence-electron chi connectivity index (χ0n) is 76.4. The number of phenolic OH excluding ortho intramolecular Hbond substituents is 2. The number of halogens is 3. The van der Waals surface area contributed by atoms with Crippen LogP contribution in [0.4, 0.5) is 18.9 Å². The SMILES string of the molecule is Cc1cc(/C=C/c2cc3c4c(c2)CCCN4CCC3)cc(C)[n+]1CCN(CCNC(=O)CCCNC(=O)CCCC(=O)N=C(N)NCCC[C@@H](NC(=O)C(c1ccccc1)c1ccccc1)C(=O)NCc1ccc(O)cc1)CCNC(=O)CCCNC(=O)CCCC(=O)N=C(N)NCCC[C@@H](NC(=O)C(c1ccccc1)c1ccccc1)C(=O)NCc1ccc(O)cc1.O=C([O-])C(F)(F)F. The van der Waals surface area contributed by atoms with Gasteiger partial charge in [-0.25, -0.2) is 0 Å². The Balaban J connectivity index is 0.00000281. The Kier molecular flexibility index (Phi) is 42.7. The van der Waals surface area contributed by atoms with E-state index in [1.54, 1.807) is 24.3 Å². The van der Waals surface area contributed by atoms with Crippen LogP contribution in [-0.2, 0) is 85.2 Å². The van der Waals surface area contributed by atoms with E-state index in [0.29, 0.717) is 65.0 Å². The minimum absolute atomic E-state index is 0.0466. The van der Waals surface area contributed by atoms with Gasteiger partial charge in [0.1, 0.15) is 29.6 Å². The van der Waals surface area contributed by atoms with Gasteiger partial charge in [-0.1, -0.05) is 158 Å². The Morgan fingerprint density at radius 2 is 0.785 bits per heavy atom. The third-order valence-electron chi connectivity index (χ3n) is 22.8. The van der Waals surface area contributed by atoms with E-state index in [-0.39, 0.29) is 162 Å². The number of aryl methyl sites for hydroxylation is 4. The van der Waals surface area contributed by atoms with E-state index in [2.05, 4.69) is 128 Å². The summed E-state index contributed by atoms with van der Waals surface area (Å²) >= 11 is 0. The molecule has 135 heavy (non-hydrogen) atoms. The lowest BCUT2D eigenvalue weighted by atomic mass is 9.90. The topological polar surface area (TPSA) is 459 Å². The highest BCUT2D eigenvalue weighted by atomic mass is 19.4. The van der Waals surface area contributed by atoms with Gasteiger partial charge in [0.05, 0.1) is 18.4 Å². The summed E-state index contributed by atoms with van der Waals surface area (Å²) < 4.78 is 33.8. The molecule has 1 aromatic heterocycles. The normalized spacial score (nSPS) is 12.8. The summed E-state index contributed by atoms with van der Waals surface area (Å²) in [5.74, 6) is -8.00. The molecule has 0 unspecified atom stereocenters. The van der Waals surface area contributed by atoms with E-state index >= 15 is 0 Å². The van der Waals surface area contributed by atoms with E-state index in [4.69, 9.17) is 21.4 Å². The number of alkyl halides is 3. The number of aromatic nitrogens is 1. The molecule has 3 heterocycles. The lowest BCUT2D eigenvalue weighted by molar-refractivity contribution is -0.708. The average molecular weight is 1860 g/mol. The molecular formula is C101H124F3N17O14. The summed E-state index contributed by atoms with van der Waals surface area (Å²) in [6.07, 6.45) is 6.39. The number of benzene rings is 7. The van der Waals surface area contributed by atoms with Crippen molar-refractivity contribution in [1.82, 2.24) is 58.1 Å². The molecule has 718 valence electrons. The summed E-state index contributed by atoms with van der Waals surface area (Å²) in [5, 5.41) is 57.6. The van der Waals surface area contributed by atoms with Crippen molar-refractivity contribution in [2.24, 2.45) is 21.5 Å². The molecule has 0 fully saturated rings. The number of guanidine groups is 2. The van der Waals surface area contributed by atoms with Crippen molar-refractivity contribution in [3.8, 4) is 11.5 Å². The number of aliphatic carboxylic acids is 1. The Labute approximate surface area is 784 Å². The van der Waals surface area contributed by atoms with Crippen molar-refractivity contribution >= 4 is 94.8 Å².